The van der Waals surface area contributed by atoms with E-state index in [2.05, 4.69) is 20.3 Å². The number of benzene rings is 1. The van der Waals surface area contributed by atoms with Crippen LogP contribution in [0, 0.1) is 0 Å². The predicted octanol–water partition coefficient (Wildman–Crippen LogP) is 1.44. The fourth-order valence-electron chi connectivity index (χ4n) is 2.18. The third-order valence-electron chi connectivity index (χ3n) is 3.07. The smallest absolute Gasteiger partial charge is 0.292 e. The van der Waals surface area contributed by atoms with Crippen LogP contribution < -0.4 is 5.73 Å². The zero-order valence-electron chi connectivity index (χ0n) is 10.4. The van der Waals surface area contributed by atoms with E-state index >= 15 is 0 Å². The molecule has 0 aliphatic heterocycles. The van der Waals surface area contributed by atoms with Crippen molar-refractivity contribution in [2.24, 2.45) is 0 Å². The molecule has 0 atom stereocenters. The Bertz CT molecular complexity index is 909. The molecule has 0 radical (unpaired) electrons. The minimum absolute atomic E-state index is 0.173. The second-order valence-corrected chi connectivity index (χ2v) is 4.44. The lowest BCUT2D eigenvalue weighted by molar-refractivity contribution is 0.626. The largest absolute Gasteiger partial charge is 0.424 e. The van der Waals surface area contributed by atoms with Gasteiger partial charge in [0.25, 0.3) is 6.01 Å². The van der Waals surface area contributed by atoms with Crippen LogP contribution in [-0.4, -0.2) is 24.8 Å². The molecule has 98 valence electrons. The second-order valence-electron chi connectivity index (χ2n) is 4.44. The molecule has 0 amide bonds. The van der Waals surface area contributed by atoms with E-state index < -0.39 is 0 Å². The van der Waals surface area contributed by atoms with E-state index in [1.54, 1.807) is 10.7 Å². The van der Waals surface area contributed by atoms with Crippen LogP contribution in [0.3, 0.4) is 0 Å². The second kappa shape index (κ2) is 4.02. The molecule has 0 aliphatic carbocycles. The van der Waals surface area contributed by atoms with Gasteiger partial charge in [0.05, 0.1) is 0 Å². The monoisotopic (exact) mass is 266 g/mol. The van der Waals surface area contributed by atoms with Crippen molar-refractivity contribution in [3.05, 3.63) is 47.9 Å². The Balaban J connectivity index is 1.76. The Kier molecular flexibility index (Phi) is 2.19. The van der Waals surface area contributed by atoms with Crippen molar-refractivity contribution in [3.63, 3.8) is 0 Å². The average Bonchev–Trinajstić information content (AvgIpc) is 3.02. The zero-order valence-corrected chi connectivity index (χ0v) is 10.4. The molecule has 0 spiro atoms. The molecule has 4 rings (SSSR count). The lowest BCUT2D eigenvalue weighted by Gasteiger charge is -1.99. The van der Waals surface area contributed by atoms with Crippen molar-refractivity contribution in [2.75, 3.05) is 5.73 Å². The standard InChI is InChI=1S/C13H10N6O/c14-13-16-9-4-3-8(6-10(9)20-13)7-12-18-17-11-2-1-5-15-19(11)12/h1-6H,7H2,(H2,14,16). The first-order valence-corrected chi connectivity index (χ1v) is 6.10. The van der Waals surface area contributed by atoms with Gasteiger partial charge in [-0.15, -0.1) is 10.2 Å². The molecule has 0 saturated carbocycles. The highest BCUT2D eigenvalue weighted by Crippen LogP contribution is 2.19. The Morgan fingerprint density at radius 2 is 2.15 bits per heavy atom. The summed E-state index contributed by atoms with van der Waals surface area (Å²) in [5, 5.41) is 12.5. The van der Waals surface area contributed by atoms with Gasteiger partial charge < -0.3 is 10.2 Å². The van der Waals surface area contributed by atoms with Gasteiger partial charge in [-0.3, -0.25) is 0 Å². The van der Waals surface area contributed by atoms with E-state index in [0.717, 1.165) is 22.6 Å². The summed E-state index contributed by atoms with van der Waals surface area (Å²) in [6.07, 6.45) is 2.31. The Labute approximate surface area is 113 Å². The number of nitrogen functional groups attached to an aromatic ring is 1. The van der Waals surface area contributed by atoms with Crippen LogP contribution in [0.15, 0.2) is 40.9 Å². The van der Waals surface area contributed by atoms with E-state index in [1.807, 2.05) is 30.3 Å². The van der Waals surface area contributed by atoms with Crippen LogP contribution >= 0.6 is 0 Å². The molecule has 2 N–H and O–H groups in total. The fourth-order valence-corrected chi connectivity index (χ4v) is 2.18. The molecule has 0 saturated heterocycles. The van der Waals surface area contributed by atoms with Crippen molar-refractivity contribution in [3.8, 4) is 0 Å². The SMILES string of the molecule is Nc1nc2ccc(Cc3nnc4cccnn34)cc2o1. The number of nitrogens with two attached hydrogens (primary N) is 1. The highest BCUT2D eigenvalue weighted by atomic mass is 16.4. The van der Waals surface area contributed by atoms with Crippen LogP contribution in [0.2, 0.25) is 0 Å². The van der Waals surface area contributed by atoms with Crippen LogP contribution in [0.25, 0.3) is 16.7 Å². The molecular weight excluding hydrogens is 256 g/mol. The summed E-state index contributed by atoms with van der Waals surface area (Å²) in [6, 6.07) is 9.62. The molecule has 0 fully saturated rings. The molecule has 0 bridgehead atoms. The third-order valence-corrected chi connectivity index (χ3v) is 3.07. The number of oxazole rings is 1. The molecule has 3 aromatic heterocycles. The number of nitrogens with zero attached hydrogens (tertiary/aromatic N) is 5. The van der Waals surface area contributed by atoms with E-state index in [0.29, 0.717) is 12.0 Å². The maximum absolute atomic E-state index is 5.54. The first-order chi connectivity index (χ1) is 9.79. The summed E-state index contributed by atoms with van der Waals surface area (Å²) >= 11 is 0. The molecule has 7 nitrogen and oxygen atoms in total. The van der Waals surface area contributed by atoms with Crippen molar-refractivity contribution >= 4 is 22.8 Å². The van der Waals surface area contributed by atoms with Crippen molar-refractivity contribution in [1.82, 2.24) is 24.8 Å². The lowest BCUT2D eigenvalue weighted by atomic mass is 10.1. The summed E-state index contributed by atoms with van der Waals surface area (Å²) in [5.74, 6) is 0.771. The predicted molar refractivity (Wildman–Crippen MR) is 72.0 cm³/mol. The first kappa shape index (κ1) is 10.9. The fraction of sp³-hybridized carbons (Fsp3) is 0.0769. The minimum atomic E-state index is 0.173. The summed E-state index contributed by atoms with van der Waals surface area (Å²) in [5.41, 5.74) is 8.72. The molecular formula is C13H10N6O. The van der Waals surface area contributed by atoms with Gasteiger partial charge in [-0.2, -0.15) is 14.6 Å². The Morgan fingerprint density at radius 1 is 1.20 bits per heavy atom. The van der Waals surface area contributed by atoms with Gasteiger partial charge in [0.2, 0.25) is 0 Å². The van der Waals surface area contributed by atoms with E-state index in [1.165, 1.54) is 0 Å². The van der Waals surface area contributed by atoms with Gasteiger partial charge in [-0.05, 0) is 29.8 Å². The van der Waals surface area contributed by atoms with E-state index in [-0.39, 0.29) is 6.01 Å². The van der Waals surface area contributed by atoms with Crippen molar-refractivity contribution in [2.45, 2.75) is 6.42 Å². The van der Waals surface area contributed by atoms with Crippen LogP contribution in [-0.2, 0) is 6.42 Å². The van der Waals surface area contributed by atoms with Crippen molar-refractivity contribution < 1.29 is 4.42 Å². The average molecular weight is 266 g/mol. The number of hydrogen-bond acceptors (Lipinski definition) is 6. The number of aromatic nitrogens is 5. The number of fused-ring (bicyclic) bond motifs is 2. The molecule has 1 aromatic carbocycles. The molecule has 3 heterocycles. The van der Waals surface area contributed by atoms with Crippen LogP contribution in [0.5, 0.6) is 0 Å². The van der Waals surface area contributed by atoms with Gasteiger partial charge >= 0.3 is 0 Å². The van der Waals surface area contributed by atoms with Gasteiger partial charge in [-0.25, -0.2) is 0 Å². The zero-order chi connectivity index (χ0) is 13.5. The van der Waals surface area contributed by atoms with Crippen molar-refractivity contribution in [1.29, 1.82) is 0 Å². The minimum Gasteiger partial charge on any atom is -0.424 e. The quantitative estimate of drug-likeness (QED) is 0.589. The van der Waals surface area contributed by atoms with Gasteiger partial charge in [0.15, 0.2) is 17.1 Å². The van der Waals surface area contributed by atoms with Gasteiger partial charge in [0.1, 0.15) is 5.52 Å². The topological polar surface area (TPSA) is 95.1 Å². The van der Waals surface area contributed by atoms with Crippen LogP contribution in [0.1, 0.15) is 11.4 Å². The Morgan fingerprint density at radius 3 is 3.10 bits per heavy atom. The maximum atomic E-state index is 5.54. The summed E-state index contributed by atoms with van der Waals surface area (Å²) in [6.45, 7) is 0. The molecule has 4 aromatic rings. The first-order valence-electron chi connectivity index (χ1n) is 6.10. The highest BCUT2D eigenvalue weighted by Gasteiger charge is 2.09. The lowest BCUT2D eigenvalue weighted by Crippen LogP contribution is -1.99. The Hall–Kier alpha value is -2.96. The maximum Gasteiger partial charge on any atom is 0.292 e. The van der Waals surface area contributed by atoms with E-state index in [4.69, 9.17) is 10.2 Å². The molecule has 7 heteroatoms. The van der Waals surface area contributed by atoms with Crippen LogP contribution in [0.4, 0.5) is 6.01 Å². The number of rotatable bonds is 2. The normalized spacial score (nSPS) is 11.4. The molecule has 0 aliphatic rings. The number of anilines is 1. The summed E-state index contributed by atoms with van der Waals surface area (Å²) < 4.78 is 7.04. The molecule has 0 unspecified atom stereocenters. The third kappa shape index (κ3) is 1.68. The number of hydrogen-bond donors (Lipinski definition) is 1. The summed E-state index contributed by atoms with van der Waals surface area (Å²) in [4.78, 5) is 4.07. The highest BCUT2D eigenvalue weighted by molar-refractivity contribution is 5.74. The van der Waals surface area contributed by atoms with Gasteiger partial charge in [-0.1, -0.05) is 6.07 Å². The molecule has 20 heavy (non-hydrogen) atoms. The van der Waals surface area contributed by atoms with E-state index in [9.17, 15) is 0 Å². The van der Waals surface area contributed by atoms with Gasteiger partial charge in [0, 0.05) is 12.6 Å². The summed E-state index contributed by atoms with van der Waals surface area (Å²) in [7, 11) is 0.